The summed E-state index contributed by atoms with van der Waals surface area (Å²) >= 11 is 7.88. The molecule has 2 heterocycles. The van der Waals surface area contributed by atoms with Crippen molar-refractivity contribution in [1.82, 2.24) is 14.8 Å². The Labute approximate surface area is 178 Å². The van der Waals surface area contributed by atoms with Crippen LogP contribution in [0.4, 0.5) is 4.39 Å². The highest BCUT2D eigenvalue weighted by Crippen LogP contribution is 2.40. The number of rotatable bonds is 3. The SMILES string of the molecule is CCc1cccc(F)c1.Cc1nc(-c2sc(-c3ccc(O)cc3)cc2Cl)n(C)n1. The number of phenols is 1. The summed E-state index contributed by atoms with van der Waals surface area (Å²) in [7, 11) is 1.85. The first-order valence-corrected chi connectivity index (χ1v) is 10.3. The van der Waals surface area contributed by atoms with Crippen molar-refractivity contribution in [1.29, 1.82) is 0 Å². The molecule has 0 amide bonds. The van der Waals surface area contributed by atoms with Crippen molar-refractivity contribution >= 4 is 22.9 Å². The molecule has 0 aliphatic heterocycles. The standard InChI is InChI=1S/C14H12ClN3OS.C8H9F/c1-8-16-14(18(2)17-8)13-11(15)7-12(20-13)9-3-5-10(19)6-4-9;1-2-7-4-3-5-8(9)6-7/h3-7,19H,1-2H3;3-6H,2H2,1H3. The van der Waals surface area contributed by atoms with E-state index in [4.69, 9.17) is 11.6 Å². The Hall–Kier alpha value is -2.70. The van der Waals surface area contributed by atoms with Crippen molar-refractivity contribution in [2.24, 2.45) is 7.05 Å². The van der Waals surface area contributed by atoms with Crippen molar-refractivity contribution in [2.75, 3.05) is 0 Å². The zero-order chi connectivity index (χ0) is 21.0. The first-order valence-electron chi connectivity index (χ1n) is 9.08. The van der Waals surface area contributed by atoms with E-state index in [1.165, 1.54) is 6.07 Å². The molecular formula is C22H21ClFN3OS. The predicted octanol–water partition coefficient (Wildman–Crippen LogP) is 6.27. The van der Waals surface area contributed by atoms with E-state index < -0.39 is 0 Å². The van der Waals surface area contributed by atoms with Crippen molar-refractivity contribution in [3.63, 3.8) is 0 Å². The van der Waals surface area contributed by atoms with E-state index in [2.05, 4.69) is 10.1 Å². The normalized spacial score (nSPS) is 10.5. The highest BCUT2D eigenvalue weighted by molar-refractivity contribution is 7.19. The maximum absolute atomic E-state index is 12.4. The third kappa shape index (κ3) is 5.22. The Bertz CT molecular complexity index is 1110. The fourth-order valence-corrected chi connectivity index (χ4v) is 4.21. The molecule has 2 aromatic carbocycles. The molecule has 1 N–H and O–H groups in total. The summed E-state index contributed by atoms with van der Waals surface area (Å²) in [6.07, 6.45) is 0.901. The minimum absolute atomic E-state index is 0.144. The lowest BCUT2D eigenvalue weighted by Gasteiger charge is -1.97. The van der Waals surface area contributed by atoms with Crippen molar-refractivity contribution < 1.29 is 9.50 Å². The van der Waals surface area contributed by atoms with Gasteiger partial charge in [0, 0.05) is 11.9 Å². The van der Waals surface area contributed by atoms with Crippen LogP contribution in [0.25, 0.3) is 21.1 Å². The summed E-state index contributed by atoms with van der Waals surface area (Å²) in [5, 5.41) is 14.2. The van der Waals surface area contributed by atoms with Gasteiger partial charge in [-0.2, -0.15) is 5.10 Å². The maximum atomic E-state index is 12.4. The molecule has 0 fully saturated rings. The number of aromatic hydroxyl groups is 1. The van der Waals surface area contributed by atoms with Crippen LogP contribution < -0.4 is 0 Å². The molecule has 0 bridgehead atoms. The summed E-state index contributed by atoms with van der Waals surface area (Å²) in [5.41, 5.74) is 2.06. The number of benzene rings is 2. The summed E-state index contributed by atoms with van der Waals surface area (Å²) in [6.45, 7) is 3.86. The molecule has 7 heteroatoms. The summed E-state index contributed by atoms with van der Waals surface area (Å²) < 4.78 is 14.1. The Morgan fingerprint density at radius 3 is 2.41 bits per heavy atom. The minimum Gasteiger partial charge on any atom is -0.508 e. The van der Waals surface area contributed by atoms with Gasteiger partial charge in [-0.3, -0.25) is 0 Å². The largest absolute Gasteiger partial charge is 0.508 e. The molecule has 0 radical (unpaired) electrons. The van der Waals surface area contributed by atoms with Crippen LogP contribution >= 0.6 is 22.9 Å². The van der Waals surface area contributed by atoms with Crippen LogP contribution in [0.1, 0.15) is 18.3 Å². The van der Waals surface area contributed by atoms with E-state index in [1.807, 2.05) is 45.2 Å². The zero-order valence-corrected chi connectivity index (χ0v) is 17.9. The summed E-state index contributed by atoms with van der Waals surface area (Å²) in [5.74, 6) is 1.59. The predicted molar refractivity (Wildman–Crippen MR) is 117 cm³/mol. The Balaban J connectivity index is 0.000000224. The molecule has 0 spiro atoms. The number of hydrogen-bond donors (Lipinski definition) is 1. The van der Waals surface area contributed by atoms with Gasteiger partial charge in [0.25, 0.3) is 0 Å². The molecule has 0 atom stereocenters. The second-order valence-corrected chi connectivity index (χ2v) is 7.88. The molecule has 150 valence electrons. The van der Waals surface area contributed by atoms with Gasteiger partial charge < -0.3 is 5.11 Å². The van der Waals surface area contributed by atoms with Gasteiger partial charge in [0.15, 0.2) is 5.82 Å². The van der Waals surface area contributed by atoms with Gasteiger partial charge in [0.2, 0.25) is 0 Å². The van der Waals surface area contributed by atoms with E-state index in [0.717, 1.165) is 39.0 Å². The third-order valence-corrected chi connectivity index (χ3v) is 5.80. The van der Waals surface area contributed by atoms with Crippen LogP contribution in [-0.4, -0.2) is 19.9 Å². The van der Waals surface area contributed by atoms with Crippen molar-refractivity contribution in [3.8, 4) is 26.9 Å². The fraction of sp³-hybridized carbons (Fsp3) is 0.182. The molecule has 29 heavy (non-hydrogen) atoms. The second-order valence-electron chi connectivity index (χ2n) is 6.42. The van der Waals surface area contributed by atoms with E-state index in [9.17, 15) is 9.50 Å². The van der Waals surface area contributed by atoms with E-state index >= 15 is 0 Å². The summed E-state index contributed by atoms with van der Waals surface area (Å²) in [4.78, 5) is 6.33. The number of aryl methyl sites for hydroxylation is 3. The second kappa shape index (κ2) is 9.20. The van der Waals surface area contributed by atoms with E-state index in [0.29, 0.717) is 5.02 Å². The van der Waals surface area contributed by atoms with Crippen LogP contribution in [0.15, 0.2) is 54.6 Å². The molecule has 0 aliphatic carbocycles. The van der Waals surface area contributed by atoms with E-state index in [-0.39, 0.29) is 11.6 Å². The molecular weight excluding hydrogens is 409 g/mol. The first kappa shape index (κ1) is 21.0. The molecule has 4 rings (SSSR count). The van der Waals surface area contributed by atoms with Crippen molar-refractivity contribution in [3.05, 3.63) is 76.8 Å². The number of hydrogen-bond acceptors (Lipinski definition) is 4. The van der Waals surface area contributed by atoms with Crippen LogP contribution in [0, 0.1) is 12.7 Å². The van der Waals surface area contributed by atoms with Gasteiger partial charge in [0.05, 0.1) is 9.90 Å². The molecule has 0 saturated carbocycles. The minimum atomic E-state index is -0.144. The lowest BCUT2D eigenvalue weighted by molar-refractivity contribution is 0.475. The van der Waals surface area contributed by atoms with Crippen LogP contribution in [-0.2, 0) is 13.5 Å². The topological polar surface area (TPSA) is 50.9 Å². The van der Waals surface area contributed by atoms with Crippen LogP contribution in [0.5, 0.6) is 5.75 Å². The molecule has 0 aliphatic rings. The van der Waals surface area contributed by atoms with Gasteiger partial charge in [-0.15, -0.1) is 11.3 Å². The van der Waals surface area contributed by atoms with Crippen molar-refractivity contribution in [2.45, 2.75) is 20.3 Å². The quantitative estimate of drug-likeness (QED) is 0.417. The van der Waals surface area contributed by atoms with E-state index in [1.54, 1.807) is 40.3 Å². The Kier molecular flexibility index (Phi) is 6.67. The lowest BCUT2D eigenvalue weighted by Crippen LogP contribution is -1.93. The first-order chi connectivity index (χ1) is 13.9. The maximum Gasteiger partial charge on any atom is 0.169 e. The van der Waals surface area contributed by atoms with Gasteiger partial charge in [0.1, 0.15) is 17.4 Å². The number of thiophene rings is 1. The van der Waals surface area contributed by atoms with Gasteiger partial charge >= 0.3 is 0 Å². The van der Waals surface area contributed by atoms with Crippen LogP contribution in [0.2, 0.25) is 5.02 Å². The molecule has 4 nitrogen and oxygen atoms in total. The lowest BCUT2D eigenvalue weighted by atomic mass is 10.2. The zero-order valence-electron chi connectivity index (χ0n) is 16.4. The Morgan fingerprint density at radius 2 is 1.86 bits per heavy atom. The van der Waals surface area contributed by atoms with Crippen LogP contribution in [0.3, 0.4) is 0 Å². The monoisotopic (exact) mass is 429 g/mol. The van der Waals surface area contributed by atoms with Gasteiger partial charge in [-0.25, -0.2) is 14.1 Å². The molecule has 0 unspecified atom stereocenters. The number of phenolic OH excluding ortho intramolecular Hbond substituents is 1. The third-order valence-electron chi connectivity index (χ3n) is 4.21. The highest BCUT2D eigenvalue weighted by Gasteiger charge is 2.16. The average Bonchev–Trinajstić information content (AvgIpc) is 3.24. The van der Waals surface area contributed by atoms with Gasteiger partial charge in [-0.05, 0) is 66.9 Å². The molecule has 2 aromatic heterocycles. The number of aromatic nitrogens is 3. The number of nitrogens with zero attached hydrogens (tertiary/aromatic N) is 3. The fourth-order valence-electron chi connectivity index (χ4n) is 2.76. The number of halogens is 2. The average molecular weight is 430 g/mol. The Morgan fingerprint density at radius 1 is 1.14 bits per heavy atom. The highest BCUT2D eigenvalue weighted by atomic mass is 35.5. The smallest absolute Gasteiger partial charge is 0.169 e. The molecule has 4 aromatic rings. The summed E-state index contributed by atoms with van der Waals surface area (Å²) in [6, 6.07) is 15.6. The van der Waals surface area contributed by atoms with Gasteiger partial charge in [-0.1, -0.05) is 30.7 Å². The molecule has 0 saturated heterocycles.